The van der Waals surface area contributed by atoms with Crippen molar-refractivity contribution in [2.75, 3.05) is 24.7 Å². The van der Waals surface area contributed by atoms with Gasteiger partial charge in [0.05, 0.1) is 25.3 Å². The van der Waals surface area contributed by atoms with Gasteiger partial charge in [-0.3, -0.25) is 13.7 Å². The molecule has 1 aromatic heterocycles. The summed E-state index contributed by atoms with van der Waals surface area (Å²) in [6, 6.07) is 1.25. The number of hydrogen-bond acceptors (Lipinski definition) is 8. The molecule has 2 heterocycles. The second kappa shape index (κ2) is 8.29. The topological polar surface area (TPSA) is 194 Å². The molecule has 152 valence electrons. The number of halogens is 1. The summed E-state index contributed by atoms with van der Waals surface area (Å²) in [7, 11) is -8.90. The molecule has 2 unspecified atom stereocenters. The Bertz CT molecular complexity index is 870. The van der Waals surface area contributed by atoms with Gasteiger partial charge < -0.3 is 34.8 Å². The number of ether oxygens (including phenoxy) is 1. The van der Waals surface area contributed by atoms with Gasteiger partial charge in [-0.15, -0.1) is 0 Å². The maximum Gasteiger partial charge on any atom is 0.351 e. The first-order valence-electron chi connectivity index (χ1n) is 7.43. The minimum absolute atomic E-state index is 0.0322. The van der Waals surface area contributed by atoms with Crippen molar-refractivity contribution in [1.82, 2.24) is 9.55 Å². The van der Waals surface area contributed by atoms with Crippen molar-refractivity contribution in [2.45, 2.75) is 18.4 Å². The number of rotatable bonds is 7. The first kappa shape index (κ1) is 21.9. The molecule has 1 aliphatic heterocycles. The zero-order chi connectivity index (χ0) is 20.4. The van der Waals surface area contributed by atoms with Crippen molar-refractivity contribution in [3.05, 3.63) is 34.7 Å². The van der Waals surface area contributed by atoms with Gasteiger partial charge in [-0.1, -0.05) is 0 Å². The molecule has 4 atom stereocenters. The van der Waals surface area contributed by atoms with Crippen LogP contribution >= 0.6 is 15.2 Å². The first-order valence-corrected chi connectivity index (χ1v) is 11.0. The summed E-state index contributed by atoms with van der Waals surface area (Å²) in [5.41, 5.74) is 4.15. The summed E-state index contributed by atoms with van der Waals surface area (Å²) >= 11 is 0. The van der Waals surface area contributed by atoms with Crippen LogP contribution in [0.25, 0.3) is 0 Å². The zero-order valence-electron chi connectivity index (χ0n) is 13.7. The van der Waals surface area contributed by atoms with Gasteiger partial charge in [0.2, 0.25) is 0 Å². The minimum atomic E-state index is -4.50. The predicted octanol–water partition coefficient (Wildman–Crippen LogP) is -0.683. The van der Waals surface area contributed by atoms with E-state index in [4.69, 9.17) is 24.8 Å². The number of nitrogen functional groups attached to an aromatic ring is 1. The second-order valence-corrected chi connectivity index (χ2v) is 9.43. The van der Waals surface area contributed by atoms with E-state index in [2.05, 4.69) is 4.98 Å². The molecule has 12 nitrogen and oxygen atoms in total. The lowest BCUT2D eigenvalue weighted by Gasteiger charge is -2.18. The SMILES string of the molecule is Nc1ccn([C@@H]2O[C@H](COP(=O)(O)CCP(=O)(O)O)C(O)/C2=C\F)c(=O)n1. The Morgan fingerprint density at radius 1 is 1.37 bits per heavy atom. The van der Waals surface area contributed by atoms with Gasteiger partial charge in [0.1, 0.15) is 18.0 Å². The first-order chi connectivity index (χ1) is 12.4. The van der Waals surface area contributed by atoms with Crippen LogP contribution in [0.5, 0.6) is 0 Å². The van der Waals surface area contributed by atoms with E-state index in [1.54, 1.807) is 0 Å². The fraction of sp³-hybridized carbons (Fsp3) is 0.500. The van der Waals surface area contributed by atoms with Crippen molar-refractivity contribution in [2.24, 2.45) is 0 Å². The average molecular weight is 429 g/mol. The number of aliphatic hydroxyl groups excluding tert-OH is 1. The molecular formula is C12H18FN3O9P2. The van der Waals surface area contributed by atoms with E-state index in [1.807, 2.05) is 0 Å². The Hall–Kier alpha value is -1.43. The summed E-state index contributed by atoms with van der Waals surface area (Å²) in [4.78, 5) is 42.4. The Morgan fingerprint density at radius 2 is 2.04 bits per heavy atom. The highest BCUT2D eigenvalue weighted by Crippen LogP contribution is 2.47. The lowest BCUT2D eigenvalue weighted by Crippen LogP contribution is -2.28. The third-order valence-electron chi connectivity index (χ3n) is 3.63. The minimum Gasteiger partial charge on any atom is -0.386 e. The Morgan fingerprint density at radius 3 is 2.59 bits per heavy atom. The number of anilines is 1. The predicted molar refractivity (Wildman–Crippen MR) is 89.6 cm³/mol. The van der Waals surface area contributed by atoms with Gasteiger partial charge in [0, 0.05) is 11.8 Å². The van der Waals surface area contributed by atoms with Gasteiger partial charge in [0.25, 0.3) is 0 Å². The van der Waals surface area contributed by atoms with Gasteiger partial charge in [0.15, 0.2) is 6.23 Å². The Balaban J connectivity index is 2.10. The molecule has 0 aliphatic carbocycles. The molecule has 15 heteroatoms. The van der Waals surface area contributed by atoms with Crippen LogP contribution in [0.2, 0.25) is 0 Å². The van der Waals surface area contributed by atoms with Crippen LogP contribution in [-0.2, 0) is 18.4 Å². The van der Waals surface area contributed by atoms with E-state index in [0.717, 1.165) is 4.57 Å². The van der Waals surface area contributed by atoms with E-state index in [9.17, 15) is 28.3 Å². The van der Waals surface area contributed by atoms with Crippen LogP contribution in [-0.4, -0.2) is 60.5 Å². The number of aromatic nitrogens is 2. The highest BCUT2D eigenvalue weighted by Gasteiger charge is 2.42. The zero-order valence-corrected chi connectivity index (χ0v) is 15.4. The van der Waals surface area contributed by atoms with E-state index < -0.39 is 58.2 Å². The summed E-state index contributed by atoms with van der Waals surface area (Å²) < 4.78 is 46.7. The fourth-order valence-corrected chi connectivity index (χ4v) is 4.83. The quantitative estimate of drug-likeness (QED) is 0.345. The van der Waals surface area contributed by atoms with Gasteiger partial charge in [-0.05, 0) is 6.07 Å². The average Bonchev–Trinajstić information content (AvgIpc) is 2.86. The van der Waals surface area contributed by atoms with Crippen molar-refractivity contribution >= 4 is 21.0 Å². The number of nitrogens with two attached hydrogens (primary N) is 1. The van der Waals surface area contributed by atoms with Crippen LogP contribution in [0, 0.1) is 0 Å². The summed E-state index contributed by atoms with van der Waals surface area (Å²) in [6.45, 7) is -0.693. The molecule has 0 amide bonds. The number of aliphatic hydroxyl groups is 1. The lowest BCUT2D eigenvalue weighted by molar-refractivity contribution is -0.0411. The third kappa shape index (κ3) is 5.77. The van der Waals surface area contributed by atoms with Crippen LogP contribution < -0.4 is 11.4 Å². The molecule has 27 heavy (non-hydrogen) atoms. The molecular weight excluding hydrogens is 411 g/mol. The Kier molecular flexibility index (Phi) is 6.72. The van der Waals surface area contributed by atoms with Crippen LogP contribution in [0.4, 0.5) is 10.2 Å². The number of nitrogens with zero attached hydrogens (tertiary/aromatic N) is 2. The van der Waals surface area contributed by atoms with Crippen LogP contribution in [0.1, 0.15) is 6.23 Å². The van der Waals surface area contributed by atoms with Gasteiger partial charge >= 0.3 is 20.9 Å². The summed E-state index contributed by atoms with van der Waals surface area (Å²) in [5, 5.41) is 10.1. The van der Waals surface area contributed by atoms with E-state index >= 15 is 0 Å². The molecule has 0 spiro atoms. The number of hydrogen-bond donors (Lipinski definition) is 5. The van der Waals surface area contributed by atoms with E-state index in [0.29, 0.717) is 0 Å². The molecule has 1 aromatic rings. The van der Waals surface area contributed by atoms with Crippen molar-refractivity contribution in [3.63, 3.8) is 0 Å². The lowest BCUT2D eigenvalue weighted by atomic mass is 10.1. The van der Waals surface area contributed by atoms with Crippen molar-refractivity contribution < 1.29 is 42.6 Å². The van der Waals surface area contributed by atoms with Crippen LogP contribution in [0.3, 0.4) is 0 Å². The summed E-state index contributed by atoms with van der Waals surface area (Å²) in [5.74, 6) is -0.0771. The molecule has 0 aromatic carbocycles. The molecule has 1 aliphatic rings. The van der Waals surface area contributed by atoms with Crippen molar-refractivity contribution in [3.8, 4) is 0 Å². The van der Waals surface area contributed by atoms with E-state index in [-0.39, 0.29) is 17.7 Å². The second-order valence-electron chi connectivity index (χ2n) is 5.67. The smallest absolute Gasteiger partial charge is 0.351 e. The highest BCUT2D eigenvalue weighted by atomic mass is 31.2. The largest absolute Gasteiger partial charge is 0.386 e. The molecule has 2 rings (SSSR count). The summed E-state index contributed by atoms with van der Waals surface area (Å²) in [6.07, 6.45) is -4.80. The molecule has 1 saturated heterocycles. The van der Waals surface area contributed by atoms with Crippen LogP contribution in [0.15, 0.2) is 29.0 Å². The standard InChI is InChI=1S/C12H18FN3O9P2/c13-5-7-10(17)8(6-24-27(22,23)4-3-26(19,20)21)25-11(7)16-2-1-9(14)15-12(16)18/h1-2,5,8,10-11,17H,3-4,6H2,(H,22,23)(H2,14,15,18)(H2,19,20,21)/b7-5+/t8-,10?,11-/m1/s1. The van der Waals surface area contributed by atoms with Gasteiger partial charge in [-0.2, -0.15) is 4.98 Å². The monoisotopic (exact) mass is 429 g/mol. The fourth-order valence-electron chi connectivity index (χ4n) is 2.27. The van der Waals surface area contributed by atoms with E-state index in [1.165, 1.54) is 12.3 Å². The normalized spacial score (nSPS) is 27.0. The van der Waals surface area contributed by atoms with Crippen molar-refractivity contribution in [1.29, 1.82) is 0 Å². The highest BCUT2D eigenvalue weighted by molar-refractivity contribution is 7.56. The van der Waals surface area contributed by atoms with Gasteiger partial charge in [-0.25, -0.2) is 9.18 Å². The molecule has 0 bridgehead atoms. The Labute approximate surface area is 151 Å². The molecule has 1 fully saturated rings. The molecule has 0 saturated carbocycles. The maximum atomic E-state index is 13.2. The third-order valence-corrected chi connectivity index (χ3v) is 6.13. The maximum absolute atomic E-state index is 13.2. The molecule has 6 N–H and O–H groups in total. The molecule has 0 radical (unpaired) electrons.